The molecule has 0 aromatic heterocycles. The van der Waals surface area contributed by atoms with Gasteiger partial charge in [0.25, 0.3) is 0 Å². The molecule has 84 valence electrons. The van der Waals surface area contributed by atoms with Crippen LogP contribution < -0.4 is 5.73 Å². The van der Waals surface area contributed by atoms with Gasteiger partial charge in [-0.1, -0.05) is 40.0 Å². The van der Waals surface area contributed by atoms with E-state index in [2.05, 4.69) is 13.8 Å². The molecule has 0 aliphatic rings. The lowest BCUT2D eigenvalue weighted by Gasteiger charge is -2.26. The summed E-state index contributed by atoms with van der Waals surface area (Å²) in [5, 5.41) is 8.98. The predicted molar refractivity (Wildman–Crippen MR) is 58.0 cm³/mol. The largest absolute Gasteiger partial charge is 0.481 e. The number of carbonyl (C=O) groups is 1. The van der Waals surface area contributed by atoms with Gasteiger partial charge in [-0.05, 0) is 11.8 Å². The van der Waals surface area contributed by atoms with Crippen molar-refractivity contribution in [3.8, 4) is 0 Å². The van der Waals surface area contributed by atoms with E-state index in [0.29, 0.717) is 5.92 Å². The maximum absolute atomic E-state index is 10.9. The van der Waals surface area contributed by atoms with Crippen LogP contribution in [0.25, 0.3) is 0 Å². The highest BCUT2D eigenvalue weighted by Crippen LogP contribution is 2.27. The fraction of sp³-hybridized carbons (Fsp3) is 0.909. The predicted octanol–water partition coefficient (Wildman–Crippen LogP) is 2.11. The zero-order valence-corrected chi connectivity index (χ0v) is 9.49. The monoisotopic (exact) mass is 201 g/mol. The average molecular weight is 201 g/mol. The summed E-state index contributed by atoms with van der Waals surface area (Å²) in [6, 6.07) is 0. The van der Waals surface area contributed by atoms with Gasteiger partial charge in [0.1, 0.15) is 0 Å². The Morgan fingerprint density at radius 3 is 2.29 bits per heavy atom. The van der Waals surface area contributed by atoms with Crippen molar-refractivity contribution in [1.82, 2.24) is 0 Å². The van der Waals surface area contributed by atoms with Crippen LogP contribution in [0, 0.1) is 17.8 Å². The minimum Gasteiger partial charge on any atom is -0.481 e. The Hall–Kier alpha value is -0.570. The summed E-state index contributed by atoms with van der Waals surface area (Å²) < 4.78 is 0. The van der Waals surface area contributed by atoms with Gasteiger partial charge in [0.05, 0.1) is 5.92 Å². The van der Waals surface area contributed by atoms with E-state index >= 15 is 0 Å². The summed E-state index contributed by atoms with van der Waals surface area (Å²) in [7, 11) is 0. The van der Waals surface area contributed by atoms with Crippen molar-refractivity contribution in [1.29, 1.82) is 0 Å². The van der Waals surface area contributed by atoms with Crippen LogP contribution in [0.3, 0.4) is 0 Å². The van der Waals surface area contributed by atoms with Crippen LogP contribution in [0.1, 0.15) is 40.0 Å². The lowest BCUT2D eigenvalue weighted by molar-refractivity contribution is -0.143. The van der Waals surface area contributed by atoms with Crippen molar-refractivity contribution in [2.24, 2.45) is 23.5 Å². The topological polar surface area (TPSA) is 63.3 Å². The molecule has 0 rings (SSSR count). The number of hydrogen-bond donors (Lipinski definition) is 2. The lowest BCUT2D eigenvalue weighted by Crippen LogP contribution is -2.33. The fourth-order valence-corrected chi connectivity index (χ4v) is 2.08. The van der Waals surface area contributed by atoms with Gasteiger partial charge < -0.3 is 10.8 Å². The van der Waals surface area contributed by atoms with Crippen LogP contribution in [0.2, 0.25) is 0 Å². The Labute approximate surface area is 86.7 Å². The highest BCUT2D eigenvalue weighted by atomic mass is 16.4. The average Bonchev–Trinajstić information content (AvgIpc) is 2.14. The Kier molecular flexibility index (Phi) is 6.54. The van der Waals surface area contributed by atoms with Gasteiger partial charge in [0.15, 0.2) is 0 Å². The first-order valence-electron chi connectivity index (χ1n) is 5.51. The van der Waals surface area contributed by atoms with Crippen LogP contribution in [0.5, 0.6) is 0 Å². The van der Waals surface area contributed by atoms with Crippen molar-refractivity contribution in [3.05, 3.63) is 0 Å². The van der Waals surface area contributed by atoms with Crippen molar-refractivity contribution in [2.75, 3.05) is 6.54 Å². The van der Waals surface area contributed by atoms with Gasteiger partial charge in [-0.25, -0.2) is 0 Å². The third kappa shape index (κ3) is 3.66. The molecule has 0 amide bonds. The molecule has 0 radical (unpaired) electrons. The van der Waals surface area contributed by atoms with Gasteiger partial charge in [0.2, 0.25) is 0 Å². The zero-order valence-electron chi connectivity index (χ0n) is 9.49. The minimum absolute atomic E-state index is 0.183. The Morgan fingerprint density at radius 1 is 1.43 bits per heavy atom. The molecular weight excluding hydrogens is 178 g/mol. The second-order valence-corrected chi connectivity index (χ2v) is 4.00. The van der Waals surface area contributed by atoms with Gasteiger partial charge in [0, 0.05) is 6.54 Å². The smallest absolute Gasteiger partial charge is 0.308 e. The molecule has 0 bridgehead atoms. The number of nitrogens with two attached hydrogens (primary N) is 1. The van der Waals surface area contributed by atoms with Crippen molar-refractivity contribution in [2.45, 2.75) is 40.0 Å². The molecule has 0 saturated heterocycles. The van der Waals surface area contributed by atoms with E-state index in [1.54, 1.807) is 0 Å². The molecule has 3 unspecified atom stereocenters. The number of carboxylic acid groups (broad SMARTS) is 1. The van der Waals surface area contributed by atoms with E-state index in [-0.39, 0.29) is 18.4 Å². The molecule has 0 aliphatic carbocycles. The molecule has 3 heteroatoms. The molecule has 0 spiro atoms. The van der Waals surface area contributed by atoms with Gasteiger partial charge in [-0.2, -0.15) is 0 Å². The van der Waals surface area contributed by atoms with Crippen LogP contribution in [-0.4, -0.2) is 17.6 Å². The maximum Gasteiger partial charge on any atom is 0.308 e. The first-order valence-corrected chi connectivity index (χ1v) is 5.51. The highest BCUT2D eigenvalue weighted by Gasteiger charge is 2.28. The van der Waals surface area contributed by atoms with Crippen LogP contribution in [0.4, 0.5) is 0 Å². The summed E-state index contributed by atoms with van der Waals surface area (Å²) in [6.07, 6.45) is 3.25. The maximum atomic E-state index is 10.9. The van der Waals surface area contributed by atoms with Crippen molar-refractivity contribution >= 4 is 5.97 Å². The molecule has 0 fully saturated rings. The van der Waals surface area contributed by atoms with E-state index < -0.39 is 5.97 Å². The number of carboxylic acids is 1. The van der Waals surface area contributed by atoms with Gasteiger partial charge >= 0.3 is 5.97 Å². The molecule has 14 heavy (non-hydrogen) atoms. The van der Waals surface area contributed by atoms with Gasteiger partial charge in [-0.15, -0.1) is 0 Å². The molecule has 0 aliphatic heterocycles. The first-order chi connectivity index (χ1) is 6.58. The van der Waals surface area contributed by atoms with E-state index in [1.165, 1.54) is 0 Å². The van der Waals surface area contributed by atoms with Crippen LogP contribution in [0.15, 0.2) is 0 Å². The molecular formula is C11H23NO2. The molecule has 3 nitrogen and oxygen atoms in total. The Morgan fingerprint density at radius 2 is 2.00 bits per heavy atom. The third-order valence-corrected chi connectivity index (χ3v) is 3.13. The van der Waals surface area contributed by atoms with E-state index in [4.69, 9.17) is 10.8 Å². The van der Waals surface area contributed by atoms with Gasteiger partial charge in [-0.3, -0.25) is 4.79 Å². The number of hydrogen-bond acceptors (Lipinski definition) is 2. The second kappa shape index (κ2) is 6.82. The SMILES string of the molecule is CCCC(CC)C(C)C(CN)C(=O)O. The second-order valence-electron chi connectivity index (χ2n) is 4.00. The van der Waals surface area contributed by atoms with E-state index in [0.717, 1.165) is 19.3 Å². The Balaban J connectivity index is 4.36. The molecule has 0 heterocycles. The number of rotatable bonds is 7. The normalized spacial score (nSPS) is 17.4. The zero-order chi connectivity index (χ0) is 11.1. The van der Waals surface area contributed by atoms with Crippen LogP contribution in [-0.2, 0) is 4.79 Å². The quantitative estimate of drug-likeness (QED) is 0.663. The van der Waals surface area contributed by atoms with E-state index in [1.807, 2.05) is 6.92 Å². The van der Waals surface area contributed by atoms with Crippen molar-refractivity contribution in [3.63, 3.8) is 0 Å². The fourth-order valence-electron chi connectivity index (χ4n) is 2.08. The highest BCUT2D eigenvalue weighted by molar-refractivity contribution is 5.70. The summed E-state index contributed by atoms with van der Waals surface area (Å²) in [6.45, 7) is 6.51. The standard InChI is InChI=1S/C11H23NO2/c1-4-6-9(5-2)8(3)10(7-12)11(13)14/h8-10H,4-7,12H2,1-3H3,(H,13,14). The summed E-state index contributed by atoms with van der Waals surface area (Å²) in [5.41, 5.74) is 5.48. The molecule has 0 aromatic carbocycles. The summed E-state index contributed by atoms with van der Waals surface area (Å²) in [5.74, 6) is -0.465. The van der Waals surface area contributed by atoms with Crippen molar-refractivity contribution < 1.29 is 9.90 Å². The molecule has 3 atom stereocenters. The van der Waals surface area contributed by atoms with E-state index in [9.17, 15) is 4.79 Å². The molecule has 0 aromatic rings. The third-order valence-electron chi connectivity index (χ3n) is 3.13. The minimum atomic E-state index is -0.755. The molecule has 0 saturated carbocycles. The number of aliphatic carboxylic acids is 1. The molecule has 3 N–H and O–H groups in total. The Bertz CT molecular complexity index is 171. The van der Waals surface area contributed by atoms with Crippen LogP contribution >= 0.6 is 0 Å². The summed E-state index contributed by atoms with van der Waals surface area (Å²) >= 11 is 0. The lowest BCUT2D eigenvalue weighted by atomic mass is 9.79. The first kappa shape index (κ1) is 13.4. The summed E-state index contributed by atoms with van der Waals surface area (Å²) in [4.78, 5) is 10.9.